The Labute approximate surface area is 162 Å². The molecule has 1 aliphatic rings. The molecule has 0 spiro atoms. The highest BCUT2D eigenvalue weighted by Crippen LogP contribution is 2.25. The highest BCUT2D eigenvalue weighted by Gasteiger charge is 2.04. The molecule has 0 bridgehead atoms. The Morgan fingerprint density at radius 3 is 2.62 bits per heavy atom. The molecule has 0 heterocycles. The molecule has 1 aliphatic carbocycles. The molecular weight excluding hydrogens is 332 g/mol. The Morgan fingerprint density at radius 1 is 1.04 bits per heavy atom. The fraction of sp³-hybridized carbons (Fsp3) is 0.120. The SMILES string of the molecule is C=C/C=C\C(=C/Cc1cc(S)cc(-c2ccccc2)c1)C1=CCCC=C1. The van der Waals surface area contributed by atoms with Crippen LogP contribution in [0.25, 0.3) is 11.1 Å². The average molecular weight is 357 g/mol. The Morgan fingerprint density at radius 2 is 1.88 bits per heavy atom. The van der Waals surface area contributed by atoms with Crippen molar-refractivity contribution in [2.45, 2.75) is 24.2 Å². The maximum absolute atomic E-state index is 4.61. The maximum atomic E-state index is 4.61. The second-order valence-corrected chi connectivity index (χ2v) is 6.87. The fourth-order valence-electron chi connectivity index (χ4n) is 3.10. The van der Waals surface area contributed by atoms with E-state index in [-0.39, 0.29) is 0 Å². The van der Waals surface area contributed by atoms with Gasteiger partial charge in [0.2, 0.25) is 0 Å². The van der Waals surface area contributed by atoms with Crippen molar-refractivity contribution in [3.8, 4) is 11.1 Å². The molecule has 1 heteroatoms. The third-order valence-corrected chi connectivity index (χ3v) is 4.64. The smallest absolute Gasteiger partial charge is 0.00490 e. The van der Waals surface area contributed by atoms with Crippen LogP contribution < -0.4 is 0 Å². The van der Waals surface area contributed by atoms with Crippen LogP contribution in [0.5, 0.6) is 0 Å². The number of hydrogen-bond acceptors (Lipinski definition) is 1. The Bertz CT molecular complexity index is 880. The Kier molecular flexibility index (Phi) is 6.51. The maximum Gasteiger partial charge on any atom is 0.00490 e. The molecule has 0 saturated carbocycles. The molecule has 26 heavy (non-hydrogen) atoms. The van der Waals surface area contributed by atoms with E-state index in [4.69, 9.17) is 0 Å². The molecule has 0 fully saturated rings. The van der Waals surface area contributed by atoms with Gasteiger partial charge in [0.25, 0.3) is 0 Å². The topological polar surface area (TPSA) is 0 Å². The monoisotopic (exact) mass is 356 g/mol. The lowest BCUT2D eigenvalue weighted by molar-refractivity contribution is 1.02. The lowest BCUT2D eigenvalue weighted by atomic mass is 9.96. The van der Waals surface area contributed by atoms with E-state index in [1.165, 1.54) is 27.8 Å². The van der Waals surface area contributed by atoms with E-state index in [2.05, 4.69) is 92.1 Å². The van der Waals surface area contributed by atoms with Crippen LogP contribution in [0.3, 0.4) is 0 Å². The van der Waals surface area contributed by atoms with Crippen molar-refractivity contribution < 1.29 is 0 Å². The minimum Gasteiger partial charge on any atom is -0.143 e. The Balaban J connectivity index is 1.88. The van der Waals surface area contributed by atoms with Gasteiger partial charge in [0.15, 0.2) is 0 Å². The second-order valence-electron chi connectivity index (χ2n) is 6.35. The lowest BCUT2D eigenvalue weighted by Gasteiger charge is -2.10. The predicted octanol–water partition coefficient (Wildman–Crippen LogP) is 7.13. The summed E-state index contributed by atoms with van der Waals surface area (Å²) < 4.78 is 0. The van der Waals surface area contributed by atoms with Gasteiger partial charge in [-0.1, -0.05) is 85.5 Å². The number of thiol groups is 1. The summed E-state index contributed by atoms with van der Waals surface area (Å²) in [5.41, 5.74) is 6.23. The lowest BCUT2D eigenvalue weighted by Crippen LogP contribution is -1.91. The van der Waals surface area contributed by atoms with Gasteiger partial charge < -0.3 is 0 Å². The van der Waals surface area contributed by atoms with Crippen LogP contribution in [-0.4, -0.2) is 0 Å². The summed E-state index contributed by atoms with van der Waals surface area (Å²) in [6, 6.07) is 17.0. The van der Waals surface area contributed by atoms with E-state index in [1.807, 2.05) is 18.2 Å². The predicted molar refractivity (Wildman–Crippen MR) is 117 cm³/mol. The first-order chi connectivity index (χ1) is 12.8. The van der Waals surface area contributed by atoms with Crippen LogP contribution in [0.1, 0.15) is 18.4 Å². The summed E-state index contributed by atoms with van der Waals surface area (Å²) in [4.78, 5) is 0.995. The molecule has 0 saturated heterocycles. The van der Waals surface area contributed by atoms with E-state index < -0.39 is 0 Å². The molecule has 2 aromatic rings. The third kappa shape index (κ3) is 5.00. The van der Waals surface area contributed by atoms with Gasteiger partial charge in [-0.2, -0.15) is 0 Å². The molecule has 0 amide bonds. The molecule has 0 atom stereocenters. The fourth-order valence-corrected chi connectivity index (χ4v) is 3.40. The first kappa shape index (κ1) is 18.3. The van der Waals surface area contributed by atoms with E-state index in [1.54, 1.807) is 0 Å². The van der Waals surface area contributed by atoms with Gasteiger partial charge in [-0.15, -0.1) is 12.6 Å². The third-order valence-electron chi connectivity index (χ3n) is 4.38. The summed E-state index contributed by atoms with van der Waals surface area (Å²) in [5, 5.41) is 0. The molecule has 2 aromatic carbocycles. The van der Waals surface area contributed by atoms with Crippen molar-refractivity contribution in [3.05, 3.63) is 114 Å². The van der Waals surface area contributed by atoms with E-state index in [0.717, 1.165) is 24.2 Å². The minimum atomic E-state index is 0.871. The zero-order chi connectivity index (χ0) is 18.2. The molecule has 3 rings (SSSR count). The molecule has 0 N–H and O–H groups in total. The van der Waals surface area contributed by atoms with E-state index in [0.29, 0.717) is 0 Å². The van der Waals surface area contributed by atoms with Crippen LogP contribution in [0, 0.1) is 0 Å². The molecule has 0 aromatic heterocycles. The molecule has 0 unspecified atom stereocenters. The first-order valence-electron chi connectivity index (χ1n) is 9.01. The van der Waals surface area contributed by atoms with E-state index >= 15 is 0 Å². The molecule has 130 valence electrons. The van der Waals surface area contributed by atoms with Crippen molar-refractivity contribution >= 4 is 12.6 Å². The Hall–Kier alpha value is -2.51. The second kappa shape index (κ2) is 9.26. The highest BCUT2D eigenvalue weighted by atomic mass is 32.1. The van der Waals surface area contributed by atoms with Gasteiger partial charge >= 0.3 is 0 Å². The van der Waals surface area contributed by atoms with Crippen molar-refractivity contribution in [2.24, 2.45) is 0 Å². The van der Waals surface area contributed by atoms with Crippen LogP contribution in [0.15, 0.2) is 114 Å². The van der Waals surface area contributed by atoms with Crippen LogP contribution >= 0.6 is 12.6 Å². The zero-order valence-electron chi connectivity index (χ0n) is 14.9. The van der Waals surface area contributed by atoms with Gasteiger partial charge in [0.1, 0.15) is 0 Å². The molecule has 0 radical (unpaired) electrons. The van der Waals surface area contributed by atoms with E-state index in [9.17, 15) is 0 Å². The molecule has 0 nitrogen and oxygen atoms in total. The molecular formula is C25H24S. The van der Waals surface area contributed by atoms with Crippen molar-refractivity contribution in [2.75, 3.05) is 0 Å². The quantitative estimate of drug-likeness (QED) is 0.413. The minimum absolute atomic E-state index is 0.871. The summed E-state index contributed by atoms with van der Waals surface area (Å²) in [6.07, 6.45) is 18.1. The first-order valence-corrected chi connectivity index (χ1v) is 9.45. The van der Waals surface area contributed by atoms with Gasteiger partial charge in [-0.05, 0) is 59.2 Å². The van der Waals surface area contributed by atoms with Crippen LogP contribution in [0.4, 0.5) is 0 Å². The summed E-state index contributed by atoms with van der Waals surface area (Å²) in [5.74, 6) is 0. The van der Waals surface area contributed by atoms with Crippen molar-refractivity contribution in [1.29, 1.82) is 0 Å². The average Bonchev–Trinajstić information content (AvgIpc) is 2.69. The highest BCUT2D eigenvalue weighted by molar-refractivity contribution is 7.80. The number of benzene rings is 2. The largest absolute Gasteiger partial charge is 0.143 e. The van der Waals surface area contributed by atoms with Gasteiger partial charge in [-0.25, -0.2) is 0 Å². The van der Waals surface area contributed by atoms with Crippen LogP contribution in [-0.2, 0) is 6.42 Å². The van der Waals surface area contributed by atoms with Gasteiger partial charge in [0.05, 0.1) is 0 Å². The van der Waals surface area contributed by atoms with Crippen LogP contribution in [0.2, 0.25) is 0 Å². The standard InChI is InChI=1S/C25H24S/c1-2-3-10-23(21-11-6-4-7-12-21)16-15-20-17-24(19-25(26)18-20)22-13-8-5-9-14-22/h2-3,5-6,8-14,16-19,26H,1,4,7,15H2/b10-3-,23-16+. The van der Waals surface area contributed by atoms with Crippen molar-refractivity contribution in [1.82, 2.24) is 0 Å². The molecule has 0 aliphatic heterocycles. The van der Waals surface area contributed by atoms with Gasteiger partial charge in [-0.3, -0.25) is 0 Å². The normalized spacial score (nSPS) is 14.5. The summed E-state index contributed by atoms with van der Waals surface area (Å²) in [7, 11) is 0. The number of rotatable bonds is 6. The number of hydrogen-bond donors (Lipinski definition) is 1. The summed E-state index contributed by atoms with van der Waals surface area (Å²) >= 11 is 4.61. The summed E-state index contributed by atoms with van der Waals surface area (Å²) in [6.45, 7) is 3.79. The number of allylic oxidation sites excluding steroid dienone is 9. The van der Waals surface area contributed by atoms with Crippen molar-refractivity contribution in [3.63, 3.8) is 0 Å². The zero-order valence-corrected chi connectivity index (χ0v) is 15.8. The van der Waals surface area contributed by atoms with Gasteiger partial charge in [0, 0.05) is 4.90 Å².